The average Bonchev–Trinajstić information content (AvgIpc) is 2.36. The zero-order valence-corrected chi connectivity index (χ0v) is 12.3. The second-order valence-electron chi connectivity index (χ2n) is 4.05. The van der Waals surface area contributed by atoms with Crippen molar-refractivity contribution in [2.45, 2.75) is 6.92 Å². The van der Waals surface area contributed by atoms with Gasteiger partial charge in [0.2, 0.25) is 0 Å². The zero-order valence-electron chi connectivity index (χ0n) is 10.1. The number of nitrogen functional groups attached to an aromatic ring is 1. The van der Waals surface area contributed by atoms with E-state index < -0.39 is 5.97 Å². The molecule has 2 aromatic rings. The highest BCUT2D eigenvalue weighted by molar-refractivity contribution is 14.1. The fraction of sp³-hybridized carbons (Fsp3) is 0.0769. The number of rotatable bonds is 3. The molecule has 6 heteroatoms. The maximum Gasteiger partial charge on any atom is 0.337 e. The Bertz CT molecular complexity index is 644. The number of carbonyl (C=O) groups is 1. The Morgan fingerprint density at radius 3 is 2.84 bits per heavy atom. The molecule has 0 aliphatic heterocycles. The lowest BCUT2D eigenvalue weighted by Crippen LogP contribution is -2.05. The first-order valence-corrected chi connectivity index (χ1v) is 6.57. The number of aromatic carboxylic acids is 1. The predicted octanol–water partition coefficient (Wildman–Crippen LogP) is 3.02. The molecular weight excluding hydrogens is 357 g/mol. The van der Waals surface area contributed by atoms with Crippen molar-refractivity contribution in [3.8, 4) is 0 Å². The van der Waals surface area contributed by atoms with Gasteiger partial charge in [-0.3, -0.25) is 0 Å². The number of benzene rings is 1. The van der Waals surface area contributed by atoms with Crippen LogP contribution in [-0.2, 0) is 0 Å². The third-order valence-corrected chi connectivity index (χ3v) is 3.30. The van der Waals surface area contributed by atoms with Crippen LogP contribution in [0.25, 0.3) is 0 Å². The summed E-state index contributed by atoms with van der Waals surface area (Å²) < 4.78 is 1.08. The Hall–Kier alpha value is -1.83. The van der Waals surface area contributed by atoms with Gasteiger partial charge in [0, 0.05) is 9.26 Å². The van der Waals surface area contributed by atoms with Gasteiger partial charge in [-0.25, -0.2) is 9.78 Å². The van der Waals surface area contributed by atoms with Crippen LogP contribution in [0.2, 0.25) is 0 Å². The van der Waals surface area contributed by atoms with Crippen LogP contribution in [0.5, 0.6) is 0 Å². The summed E-state index contributed by atoms with van der Waals surface area (Å²) in [5, 5.41) is 12.1. The number of nitrogens with two attached hydrogens (primary N) is 1. The van der Waals surface area contributed by atoms with E-state index in [1.54, 1.807) is 0 Å². The molecule has 0 bridgehead atoms. The molecule has 19 heavy (non-hydrogen) atoms. The first kappa shape index (κ1) is 13.6. The summed E-state index contributed by atoms with van der Waals surface area (Å²) in [6.45, 7) is 1.97. The van der Waals surface area contributed by atoms with Gasteiger partial charge >= 0.3 is 5.97 Å². The van der Waals surface area contributed by atoms with Gasteiger partial charge in [0.1, 0.15) is 5.82 Å². The van der Waals surface area contributed by atoms with E-state index in [-0.39, 0.29) is 11.3 Å². The monoisotopic (exact) mass is 369 g/mol. The number of hydrogen-bond donors (Lipinski definition) is 3. The minimum absolute atomic E-state index is 0.0424. The van der Waals surface area contributed by atoms with E-state index in [0.29, 0.717) is 5.82 Å². The molecule has 0 fully saturated rings. The largest absolute Gasteiger partial charge is 0.478 e. The number of carboxylic acid groups (broad SMARTS) is 1. The topological polar surface area (TPSA) is 88.2 Å². The molecule has 2 rings (SSSR count). The Labute approximate surface area is 124 Å². The molecular formula is C13H12IN3O2. The number of nitrogens with zero attached hydrogens (tertiary/aromatic N) is 1. The fourth-order valence-electron chi connectivity index (χ4n) is 1.59. The van der Waals surface area contributed by atoms with E-state index in [0.717, 1.165) is 14.8 Å². The van der Waals surface area contributed by atoms with E-state index in [1.165, 1.54) is 12.3 Å². The molecule has 0 spiro atoms. The summed E-state index contributed by atoms with van der Waals surface area (Å²) in [6.07, 6.45) is 1.34. The van der Waals surface area contributed by atoms with Crippen LogP contribution in [0.15, 0.2) is 30.5 Å². The van der Waals surface area contributed by atoms with Crippen LogP contribution in [0, 0.1) is 10.5 Å². The van der Waals surface area contributed by atoms with Crippen LogP contribution in [0.3, 0.4) is 0 Å². The van der Waals surface area contributed by atoms with Gasteiger partial charge in [-0.15, -0.1) is 0 Å². The second kappa shape index (κ2) is 5.43. The van der Waals surface area contributed by atoms with E-state index in [2.05, 4.69) is 32.9 Å². The number of nitrogens with one attached hydrogen (secondary N) is 1. The lowest BCUT2D eigenvalue weighted by molar-refractivity contribution is 0.0698. The lowest BCUT2D eigenvalue weighted by Gasteiger charge is -2.10. The van der Waals surface area contributed by atoms with Crippen molar-refractivity contribution in [3.63, 3.8) is 0 Å². The molecule has 1 aromatic carbocycles. The Balaban J connectivity index is 2.36. The summed E-state index contributed by atoms with van der Waals surface area (Å²) in [5.41, 5.74) is 7.70. The van der Waals surface area contributed by atoms with Crippen molar-refractivity contribution < 1.29 is 9.90 Å². The average molecular weight is 369 g/mol. The Morgan fingerprint density at radius 1 is 1.42 bits per heavy atom. The third kappa shape index (κ3) is 3.14. The second-order valence-corrected chi connectivity index (χ2v) is 5.29. The molecule has 0 radical (unpaired) electrons. The van der Waals surface area contributed by atoms with Crippen LogP contribution >= 0.6 is 22.6 Å². The number of aryl methyl sites for hydroxylation is 1. The van der Waals surface area contributed by atoms with Gasteiger partial charge < -0.3 is 16.2 Å². The molecule has 1 heterocycles. The number of anilines is 3. The Kier molecular flexibility index (Phi) is 3.89. The summed E-state index contributed by atoms with van der Waals surface area (Å²) in [7, 11) is 0. The van der Waals surface area contributed by atoms with Gasteiger partial charge in [-0.05, 0) is 53.3 Å². The van der Waals surface area contributed by atoms with Gasteiger partial charge in [0.15, 0.2) is 0 Å². The first-order valence-electron chi connectivity index (χ1n) is 5.49. The maximum absolute atomic E-state index is 11.0. The zero-order chi connectivity index (χ0) is 14.0. The molecule has 1 aromatic heterocycles. The third-order valence-electron chi connectivity index (χ3n) is 2.63. The fourth-order valence-corrected chi connectivity index (χ4v) is 2.08. The van der Waals surface area contributed by atoms with Crippen molar-refractivity contribution in [2.24, 2.45) is 0 Å². The summed E-state index contributed by atoms with van der Waals surface area (Å²) >= 11 is 2.21. The van der Waals surface area contributed by atoms with Crippen LogP contribution < -0.4 is 11.1 Å². The van der Waals surface area contributed by atoms with Crippen LogP contribution in [0.1, 0.15) is 15.9 Å². The highest BCUT2D eigenvalue weighted by Gasteiger charge is 2.10. The molecule has 0 aliphatic carbocycles. The molecule has 4 N–H and O–H groups in total. The van der Waals surface area contributed by atoms with Gasteiger partial charge in [-0.2, -0.15) is 0 Å². The normalized spacial score (nSPS) is 10.2. The molecule has 0 amide bonds. The summed E-state index contributed by atoms with van der Waals surface area (Å²) in [6, 6.07) is 7.38. The number of carboxylic acids is 1. The van der Waals surface area contributed by atoms with Crippen molar-refractivity contribution in [2.75, 3.05) is 11.1 Å². The highest BCUT2D eigenvalue weighted by Crippen LogP contribution is 2.23. The lowest BCUT2D eigenvalue weighted by atomic mass is 10.2. The Morgan fingerprint density at radius 2 is 2.16 bits per heavy atom. The minimum Gasteiger partial charge on any atom is -0.478 e. The smallest absolute Gasteiger partial charge is 0.337 e. The molecule has 0 atom stereocenters. The van der Waals surface area contributed by atoms with Gasteiger partial charge in [0.25, 0.3) is 0 Å². The molecule has 5 nitrogen and oxygen atoms in total. The van der Waals surface area contributed by atoms with Crippen molar-refractivity contribution >= 4 is 45.8 Å². The summed E-state index contributed by atoms with van der Waals surface area (Å²) in [5.74, 6) is -0.612. The number of pyridine rings is 1. The molecule has 0 saturated carbocycles. The van der Waals surface area contributed by atoms with Crippen molar-refractivity contribution in [3.05, 3.63) is 45.2 Å². The quantitative estimate of drug-likeness (QED) is 0.724. The molecule has 0 unspecified atom stereocenters. The van der Waals surface area contributed by atoms with E-state index in [9.17, 15) is 4.79 Å². The van der Waals surface area contributed by atoms with Crippen molar-refractivity contribution in [1.29, 1.82) is 0 Å². The summed E-state index contributed by atoms with van der Waals surface area (Å²) in [4.78, 5) is 15.1. The molecule has 0 saturated heterocycles. The van der Waals surface area contributed by atoms with E-state index in [1.807, 2.05) is 25.1 Å². The molecule has 0 aliphatic rings. The van der Waals surface area contributed by atoms with Crippen LogP contribution in [0.4, 0.5) is 17.2 Å². The number of aromatic nitrogens is 1. The van der Waals surface area contributed by atoms with Gasteiger partial charge in [0.05, 0.1) is 17.4 Å². The highest BCUT2D eigenvalue weighted by atomic mass is 127. The maximum atomic E-state index is 11.0. The van der Waals surface area contributed by atoms with E-state index in [4.69, 9.17) is 10.8 Å². The van der Waals surface area contributed by atoms with Crippen LogP contribution in [-0.4, -0.2) is 16.1 Å². The first-order chi connectivity index (χ1) is 8.97. The predicted molar refractivity (Wildman–Crippen MR) is 82.8 cm³/mol. The van der Waals surface area contributed by atoms with Gasteiger partial charge in [-0.1, -0.05) is 6.07 Å². The number of halogens is 1. The van der Waals surface area contributed by atoms with Crippen molar-refractivity contribution in [1.82, 2.24) is 4.98 Å². The molecule has 98 valence electrons. The minimum atomic E-state index is -1.07. The number of hydrogen-bond acceptors (Lipinski definition) is 4. The standard InChI is InChI=1S/C13H12IN3O2/c1-7-2-3-8(14)4-11(7)17-12-5-9(13(18)19)10(15)6-16-12/h2-6H,15H2,1H3,(H,16,17)(H,18,19). The SMILES string of the molecule is Cc1ccc(I)cc1Nc1cc(C(=O)O)c(N)cn1. The van der Waals surface area contributed by atoms with E-state index >= 15 is 0 Å².